The fraction of sp³-hybridized carbons (Fsp3) is 0.364. The van der Waals surface area contributed by atoms with Gasteiger partial charge >= 0.3 is 0 Å². The predicted octanol–water partition coefficient (Wildman–Crippen LogP) is 4.46. The highest BCUT2D eigenvalue weighted by atomic mass is 79.9. The smallest absolute Gasteiger partial charge is 0.244 e. The van der Waals surface area contributed by atoms with Gasteiger partial charge in [0.2, 0.25) is 21.8 Å². The summed E-state index contributed by atoms with van der Waals surface area (Å²) in [5.74, 6) is -0.927. The van der Waals surface area contributed by atoms with Gasteiger partial charge in [0.05, 0.1) is 11.9 Å². The van der Waals surface area contributed by atoms with Crippen LogP contribution < -0.4 is 9.62 Å². The lowest BCUT2D eigenvalue weighted by Gasteiger charge is -2.32. The highest BCUT2D eigenvalue weighted by Crippen LogP contribution is 2.28. The first-order chi connectivity index (χ1) is 15.3. The molecule has 1 N–H and O–H groups in total. The molecule has 0 bridgehead atoms. The molecular formula is C22H26BrCl2N3O4S. The van der Waals surface area contributed by atoms with E-state index in [1.165, 1.54) is 4.90 Å². The van der Waals surface area contributed by atoms with Gasteiger partial charge in [-0.15, -0.1) is 0 Å². The minimum atomic E-state index is -3.81. The largest absolute Gasteiger partial charge is 0.352 e. The molecule has 180 valence electrons. The van der Waals surface area contributed by atoms with Crippen molar-refractivity contribution in [1.82, 2.24) is 10.2 Å². The number of hydrogen-bond acceptors (Lipinski definition) is 4. The van der Waals surface area contributed by atoms with Gasteiger partial charge in [-0.3, -0.25) is 13.9 Å². The Balaban J connectivity index is 2.44. The third-order valence-electron chi connectivity index (χ3n) is 4.75. The topological polar surface area (TPSA) is 86.8 Å². The van der Waals surface area contributed by atoms with Gasteiger partial charge in [-0.05, 0) is 66.5 Å². The fourth-order valence-electron chi connectivity index (χ4n) is 3.07. The van der Waals surface area contributed by atoms with Gasteiger partial charge < -0.3 is 10.2 Å². The van der Waals surface area contributed by atoms with E-state index < -0.39 is 28.5 Å². The van der Waals surface area contributed by atoms with E-state index in [1.54, 1.807) is 49.4 Å². The Morgan fingerprint density at radius 3 is 2.27 bits per heavy atom. The summed E-state index contributed by atoms with van der Waals surface area (Å²) in [4.78, 5) is 27.5. The van der Waals surface area contributed by atoms with Crippen molar-refractivity contribution in [3.63, 3.8) is 0 Å². The summed E-state index contributed by atoms with van der Waals surface area (Å²) in [5, 5.41) is 3.56. The summed E-state index contributed by atoms with van der Waals surface area (Å²) >= 11 is 15.6. The normalized spacial score (nSPS) is 12.4. The maximum atomic E-state index is 13.5. The van der Waals surface area contributed by atoms with Crippen LogP contribution >= 0.6 is 39.1 Å². The number of amides is 2. The van der Waals surface area contributed by atoms with Crippen LogP contribution in [0.25, 0.3) is 0 Å². The van der Waals surface area contributed by atoms with Crippen LogP contribution in [0.1, 0.15) is 26.3 Å². The summed E-state index contributed by atoms with van der Waals surface area (Å²) < 4.78 is 26.6. The van der Waals surface area contributed by atoms with E-state index in [-0.39, 0.29) is 18.5 Å². The molecule has 11 heteroatoms. The predicted molar refractivity (Wildman–Crippen MR) is 136 cm³/mol. The molecule has 1 atom stereocenters. The number of benzene rings is 2. The second kappa shape index (κ2) is 11.6. The molecule has 0 aromatic heterocycles. The number of para-hydroxylation sites is 1. The number of sulfonamides is 1. The van der Waals surface area contributed by atoms with Crippen LogP contribution in [0.5, 0.6) is 0 Å². The molecule has 0 aliphatic heterocycles. The second-order valence-corrected chi connectivity index (χ2v) is 11.4. The molecule has 2 aromatic rings. The van der Waals surface area contributed by atoms with Gasteiger partial charge in [-0.25, -0.2) is 8.42 Å². The molecule has 0 saturated carbocycles. The molecule has 0 saturated heterocycles. The summed E-state index contributed by atoms with van der Waals surface area (Å²) in [6.07, 6.45) is 1.02. The number of carbonyl (C=O) groups excluding carboxylic acids is 2. The fourth-order valence-corrected chi connectivity index (χ4v) is 5.02. The number of nitrogens with zero attached hydrogens (tertiary/aromatic N) is 2. The standard InChI is InChI=1S/C22H26BrCl2N3O4S/c1-14(2)26-22(30)15(3)27(12-16-9-10-17(24)11-19(16)25)21(29)13-28(33(4,31)32)20-8-6-5-7-18(20)23/h5-11,14-15H,12-13H2,1-4H3,(H,26,30)/t15-/m0/s1. The van der Waals surface area contributed by atoms with E-state index in [4.69, 9.17) is 23.2 Å². The van der Waals surface area contributed by atoms with E-state index in [1.807, 2.05) is 13.8 Å². The Morgan fingerprint density at radius 2 is 1.73 bits per heavy atom. The lowest BCUT2D eigenvalue weighted by molar-refractivity contribution is -0.139. The van der Waals surface area contributed by atoms with Crippen LogP contribution in [0, 0.1) is 0 Å². The van der Waals surface area contributed by atoms with Crippen molar-refractivity contribution in [2.24, 2.45) is 0 Å². The number of carbonyl (C=O) groups is 2. The van der Waals surface area contributed by atoms with Crippen LogP contribution in [-0.2, 0) is 26.2 Å². The lowest BCUT2D eigenvalue weighted by atomic mass is 10.1. The minimum Gasteiger partial charge on any atom is -0.352 e. The number of nitrogens with one attached hydrogen (secondary N) is 1. The maximum Gasteiger partial charge on any atom is 0.244 e. The van der Waals surface area contributed by atoms with E-state index in [2.05, 4.69) is 21.2 Å². The third kappa shape index (κ3) is 7.60. The highest BCUT2D eigenvalue weighted by Gasteiger charge is 2.31. The number of halogens is 3. The van der Waals surface area contributed by atoms with Crippen LogP contribution in [0.15, 0.2) is 46.9 Å². The average molecular weight is 579 g/mol. The molecule has 2 amide bonds. The van der Waals surface area contributed by atoms with Gasteiger partial charge in [0.25, 0.3) is 0 Å². The van der Waals surface area contributed by atoms with Crippen molar-refractivity contribution in [2.75, 3.05) is 17.1 Å². The Bertz CT molecular complexity index is 1130. The molecule has 0 aliphatic carbocycles. The molecule has 33 heavy (non-hydrogen) atoms. The van der Waals surface area contributed by atoms with E-state index in [9.17, 15) is 18.0 Å². The van der Waals surface area contributed by atoms with Crippen LogP contribution in [-0.4, -0.2) is 50.0 Å². The van der Waals surface area contributed by atoms with Crippen molar-refractivity contribution >= 4 is 66.7 Å². The second-order valence-electron chi connectivity index (χ2n) is 7.82. The molecule has 0 unspecified atom stereocenters. The van der Waals surface area contributed by atoms with Crippen LogP contribution in [0.2, 0.25) is 10.0 Å². The van der Waals surface area contributed by atoms with Gasteiger partial charge in [-0.1, -0.05) is 41.4 Å². The summed E-state index contributed by atoms with van der Waals surface area (Å²) in [5.41, 5.74) is 0.891. The zero-order valence-electron chi connectivity index (χ0n) is 18.7. The van der Waals surface area contributed by atoms with Crippen molar-refractivity contribution in [2.45, 2.75) is 39.4 Å². The lowest BCUT2D eigenvalue weighted by Crippen LogP contribution is -2.52. The van der Waals surface area contributed by atoms with Gasteiger partial charge in [0.1, 0.15) is 12.6 Å². The van der Waals surface area contributed by atoms with Crippen molar-refractivity contribution in [3.8, 4) is 0 Å². The molecule has 0 fully saturated rings. The SMILES string of the molecule is CC(C)NC(=O)[C@H](C)N(Cc1ccc(Cl)cc1Cl)C(=O)CN(c1ccccc1Br)S(C)(=O)=O. The van der Waals surface area contributed by atoms with Crippen LogP contribution in [0.4, 0.5) is 5.69 Å². The quantitative estimate of drug-likeness (QED) is 0.476. The number of anilines is 1. The molecular weight excluding hydrogens is 553 g/mol. The Kier molecular flexibility index (Phi) is 9.60. The first-order valence-corrected chi connectivity index (χ1v) is 13.5. The Hall–Kier alpha value is -1.81. The molecule has 2 aromatic carbocycles. The molecule has 2 rings (SSSR count). The molecule has 0 aliphatic rings. The zero-order valence-corrected chi connectivity index (χ0v) is 22.6. The molecule has 0 spiro atoms. The summed E-state index contributed by atoms with van der Waals surface area (Å²) in [6.45, 7) is 4.71. The van der Waals surface area contributed by atoms with Crippen molar-refractivity contribution in [1.29, 1.82) is 0 Å². The van der Waals surface area contributed by atoms with Crippen LogP contribution in [0.3, 0.4) is 0 Å². The molecule has 0 radical (unpaired) electrons. The van der Waals surface area contributed by atoms with Crippen molar-refractivity contribution < 1.29 is 18.0 Å². The number of rotatable bonds is 9. The zero-order chi connectivity index (χ0) is 24.9. The number of hydrogen-bond donors (Lipinski definition) is 1. The Labute approximate surface area is 213 Å². The first kappa shape index (κ1) is 27.4. The van der Waals surface area contributed by atoms with E-state index >= 15 is 0 Å². The van der Waals surface area contributed by atoms with E-state index in [0.717, 1.165) is 10.6 Å². The van der Waals surface area contributed by atoms with Gasteiger partial charge in [0, 0.05) is 27.1 Å². The molecule has 7 nitrogen and oxygen atoms in total. The minimum absolute atomic E-state index is 0.00488. The third-order valence-corrected chi connectivity index (χ3v) is 7.14. The van der Waals surface area contributed by atoms with E-state index in [0.29, 0.717) is 25.8 Å². The van der Waals surface area contributed by atoms with Crippen molar-refractivity contribution in [3.05, 3.63) is 62.5 Å². The first-order valence-electron chi connectivity index (χ1n) is 10.1. The summed E-state index contributed by atoms with van der Waals surface area (Å²) in [6, 6.07) is 10.5. The van der Waals surface area contributed by atoms with Gasteiger partial charge in [0.15, 0.2) is 0 Å². The highest BCUT2D eigenvalue weighted by molar-refractivity contribution is 9.10. The van der Waals surface area contributed by atoms with Gasteiger partial charge in [-0.2, -0.15) is 0 Å². The monoisotopic (exact) mass is 577 g/mol. The summed E-state index contributed by atoms with van der Waals surface area (Å²) in [7, 11) is -3.81. The maximum absolute atomic E-state index is 13.5. The Morgan fingerprint density at radius 1 is 1.09 bits per heavy atom. The average Bonchev–Trinajstić information content (AvgIpc) is 2.70. The molecule has 0 heterocycles.